The van der Waals surface area contributed by atoms with Crippen molar-refractivity contribution in [2.45, 2.75) is 13.0 Å². The smallest absolute Gasteiger partial charge is 0.241 e. The van der Waals surface area contributed by atoms with Gasteiger partial charge in [0.05, 0.1) is 0 Å². The summed E-state index contributed by atoms with van der Waals surface area (Å²) in [6.07, 6.45) is 0. The number of amides is 1. The third kappa shape index (κ3) is 2.88. The highest BCUT2D eigenvalue weighted by Gasteiger charge is 2.31. The first-order valence-electron chi connectivity index (χ1n) is 6.92. The number of rotatable bonds is 2. The zero-order valence-corrected chi connectivity index (χ0v) is 12.8. The average Bonchev–Trinajstić information content (AvgIpc) is 2.39. The Morgan fingerprint density at radius 2 is 2.05 bits per heavy atom. The summed E-state index contributed by atoms with van der Waals surface area (Å²) in [5.41, 5.74) is 8.91. The number of hydrogen-bond acceptors (Lipinski definition) is 4. The van der Waals surface area contributed by atoms with E-state index in [1.807, 2.05) is 39.3 Å². The molecular weight excluding hydrogens is 252 g/mol. The van der Waals surface area contributed by atoms with Crippen molar-refractivity contribution >= 4 is 17.3 Å². The van der Waals surface area contributed by atoms with Gasteiger partial charge in [0.25, 0.3) is 0 Å². The lowest BCUT2D eigenvalue weighted by Gasteiger charge is -2.41. The predicted molar refractivity (Wildman–Crippen MR) is 82.9 cm³/mol. The third-order valence-electron chi connectivity index (χ3n) is 3.94. The number of aryl methyl sites for hydroxylation is 1. The normalized spacial score (nSPS) is 20.0. The van der Waals surface area contributed by atoms with Gasteiger partial charge in [0, 0.05) is 45.1 Å². The van der Waals surface area contributed by atoms with E-state index in [2.05, 4.69) is 16.7 Å². The molecular formula is C15H24N4O. The summed E-state index contributed by atoms with van der Waals surface area (Å²) in [7, 11) is 5.63. The molecule has 1 fully saturated rings. The summed E-state index contributed by atoms with van der Waals surface area (Å²) >= 11 is 0. The van der Waals surface area contributed by atoms with E-state index >= 15 is 0 Å². The first-order valence-corrected chi connectivity index (χ1v) is 6.92. The molecule has 1 aromatic carbocycles. The molecule has 0 aromatic heterocycles. The predicted octanol–water partition coefficient (Wildman–Crippen LogP) is 0.786. The fourth-order valence-corrected chi connectivity index (χ4v) is 2.69. The van der Waals surface area contributed by atoms with Crippen molar-refractivity contribution in [2.24, 2.45) is 0 Å². The molecule has 1 atom stereocenters. The van der Waals surface area contributed by atoms with E-state index in [1.165, 1.54) is 5.69 Å². The van der Waals surface area contributed by atoms with Crippen molar-refractivity contribution in [3.63, 3.8) is 0 Å². The van der Waals surface area contributed by atoms with Crippen LogP contribution in [0, 0.1) is 6.92 Å². The van der Waals surface area contributed by atoms with E-state index in [0.29, 0.717) is 0 Å². The first kappa shape index (κ1) is 14.7. The van der Waals surface area contributed by atoms with E-state index in [1.54, 1.807) is 4.90 Å². The van der Waals surface area contributed by atoms with Crippen molar-refractivity contribution in [2.75, 3.05) is 51.4 Å². The number of anilines is 2. The molecule has 1 unspecified atom stereocenters. The molecule has 1 aliphatic heterocycles. The molecule has 1 aromatic rings. The van der Waals surface area contributed by atoms with Crippen LogP contribution in [-0.2, 0) is 4.79 Å². The zero-order valence-electron chi connectivity index (χ0n) is 12.8. The lowest BCUT2D eigenvalue weighted by atomic mass is 10.1. The third-order valence-corrected chi connectivity index (χ3v) is 3.94. The molecule has 110 valence electrons. The van der Waals surface area contributed by atoms with Crippen LogP contribution in [0.5, 0.6) is 0 Å². The molecule has 20 heavy (non-hydrogen) atoms. The standard InChI is InChI=1S/C15H24N4O/c1-11-9-12(16)5-6-13(11)19-8-7-18(4)14(10-19)15(20)17(2)3/h5-6,9,14H,7-8,10,16H2,1-4H3. The number of carbonyl (C=O) groups excluding carboxylic acids is 1. The molecule has 2 N–H and O–H groups in total. The quantitative estimate of drug-likeness (QED) is 0.811. The van der Waals surface area contributed by atoms with Gasteiger partial charge in [-0.15, -0.1) is 0 Å². The lowest BCUT2D eigenvalue weighted by Crippen LogP contribution is -2.57. The van der Waals surface area contributed by atoms with Crippen molar-refractivity contribution in [1.82, 2.24) is 9.80 Å². The molecule has 0 spiro atoms. The molecule has 5 nitrogen and oxygen atoms in total. The first-order chi connectivity index (χ1) is 9.40. The highest BCUT2D eigenvalue weighted by molar-refractivity contribution is 5.82. The molecule has 0 saturated carbocycles. The highest BCUT2D eigenvalue weighted by atomic mass is 16.2. The van der Waals surface area contributed by atoms with Crippen LogP contribution >= 0.6 is 0 Å². The minimum Gasteiger partial charge on any atom is -0.399 e. The summed E-state index contributed by atoms with van der Waals surface area (Å²) in [6.45, 7) is 4.59. The van der Waals surface area contributed by atoms with Crippen LogP contribution < -0.4 is 10.6 Å². The van der Waals surface area contributed by atoms with Gasteiger partial charge in [-0.25, -0.2) is 0 Å². The largest absolute Gasteiger partial charge is 0.399 e. The molecule has 0 radical (unpaired) electrons. The number of nitrogen functional groups attached to an aromatic ring is 1. The Bertz CT molecular complexity index is 501. The van der Waals surface area contributed by atoms with Gasteiger partial charge in [-0.2, -0.15) is 0 Å². The molecule has 5 heteroatoms. The van der Waals surface area contributed by atoms with E-state index in [9.17, 15) is 4.79 Å². The number of hydrogen-bond donors (Lipinski definition) is 1. The van der Waals surface area contributed by atoms with Crippen molar-refractivity contribution in [1.29, 1.82) is 0 Å². The van der Waals surface area contributed by atoms with Crippen molar-refractivity contribution in [3.05, 3.63) is 23.8 Å². The van der Waals surface area contributed by atoms with Gasteiger partial charge in [-0.1, -0.05) is 0 Å². The van der Waals surface area contributed by atoms with Crippen LogP contribution in [0.2, 0.25) is 0 Å². The topological polar surface area (TPSA) is 52.8 Å². The molecule has 1 heterocycles. The maximum Gasteiger partial charge on any atom is 0.241 e. The Hall–Kier alpha value is -1.75. The van der Waals surface area contributed by atoms with Crippen LogP contribution in [-0.4, -0.2) is 62.5 Å². The summed E-state index contributed by atoms with van der Waals surface area (Å²) < 4.78 is 0. The Morgan fingerprint density at radius 3 is 2.65 bits per heavy atom. The molecule has 1 aliphatic rings. The Kier molecular flexibility index (Phi) is 4.18. The maximum absolute atomic E-state index is 12.3. The van der Waals surface area contributed by atoms with Gasteiger partial charge < -0.3 is 15.5 Å². The zero-order chi connectivity index (χ0) is 14.9. The van der Waals surface area contributed by atoms with Crippen molar-refractivity contribution < 1.29 is 4.79 Å². The number of nitrogens with zero attached hydrogens (tertiary/aromatic N) is 3. The average molecular weight is 276 g/mol. The van der Waals surface area contributed by atoms with Crippen LogP contribution in [0.4, 0.5) is 11.4 Å². The number of likely N-dealkylation sites (N-methyl/N-ethyl adjacent to an activating group) is 2. The second-order valence-electron chi connectivity index (χ2n) is 5.72. The maximum atomic E-state index is 12.3. The van der Waals surface area contributed by atoms with Gasteiger partial charge in [-0.05, 0) is 37.7 Å². The SMILES string of the molecule is Cc1cc(N)ccc1N1CCN(C)C(C(=O)N(C)C)C1. The number of piperazine rings is 1. The summed E-state index contributed by atoms with van der Waals surface area (Å²) in [5, 5.41) is 0. The van der Waals surface area contributed by atoms with Gasteiger partial charge in [0.1, 0.15) is 6.04 Å². The van der Waals surface area contributed by atoms with Crippen LogP contribution in [0.1, 0.15) is 5.56 Å². The molecule has 1 amide bonds. The van der Waals surface area contributed by atoms with Gasteiger partial charge in [-0.3, -0.25) is 9.69 Å². The Morgan fingerprint density at radius 1 is 1.35 bits per heavy atom. The van der Waals surface area contributed by atoms with E-state index < -0.39 is 0 Å². The van der Waals surface area contributed by atoms with Crippen molar-refractivity contribution in [3.8, 4) is 0 Å². The molecule has 2 rings (SSSR count). The summed E-state index contributed by atoms with van der Waals surface area (Å²) in [6, 6.07) is 5.86. The van der Waals surface area contributed by atoms with Crippen LogP contribution in [0.15, 0.2) is 18.2 Å². The van der Waals surface area contributed by atoms with Gasteiger partial charge in [0.15, 0.2) is 0 Å². The number of carbonyl (C=O) groups is 1. The molecule has 0 bridgehead atoms. The number of nitrogens with two attached hydrogens (primary N) is 1. The fraction of sp³-hybridized carbons (Fsp3) is 0.533. The second kappa shape index (κ2) is 5.71. The minimum absolute atomic E-state index is 0.0873. The minimum atomic E-state index is -0.0873. The van der Waals surface area contributed by atoms with E-state index in [0.717, 1.165) is 30.9 Å². The van der Waals surface area contributed by atoms with Crippen LogP contribution in [0.3, 0.4) is 0 Å². The fourth-order valence-electron chi connectivity index (χ4n) is 2.69. The van der Waals surface area contributed by atoms with Gasteiger partial charge in [0.2, 0.25) is 5.91 Å². The summed E-state index contributed by atoms with van der Waals surface area (Å²) in [4.78, 5) is 18.3. The van der Waals surface area contributed by atoms with E-state index in [-0.39, 0.29) is 11.9 Å². The monoisotopic (exact) mass is 276 g/mol. The van der Waals surface area contributed by atoms with Crippen LogP contribution in [0.25, 0.3) is 0 Å². The Labute approximate surface area is 120 Å². The summed E-state index contributed by atoms with van der Waals surface area (Å²) in [5.74, 6) is 0.158. The Balaban J connectivity index is 2.20. The van der Waals surface area contributed by atoms with Gasteiger partial charge >= 0.3 is 0 Å². The molecule has 0 aliphatic carbocycles. The molecule has 1 saturated heterocycles. The highest BCUT2D eigenvalue weighted by Crippen LogP contribution is 2.25. The second-order valence-corrected chi connectivity index (χ2v) is 5.72. The number of benzene rings is 1. The lowest BCUT2D eigenvalue weighted by molar-refractivity contribution is -0.134. The van der Waals surface area contributed by atoms with E-state index in [4.69, 9.17) is 5.73 Å².